The van der Waals surface area contributed by atoms with Crippen LogP contribution in [0.1, 0.15) is 40.8 Å². The van der Waals surface area contributed by atoms with Crippen molar-refractivity contribution >= 4 is 23.2 Å². The molecule has 0 radical (unpaired) electrons. The van der Waals surface area contributed by atoms with Crippen molar-refractivity contribution in [3.8, 4) is 5.75 Å². The molecule has 0 fully saturated rings. The molecule has 0 aliphatic carbocycles. The number of aryl methyl sites for hydroxylation is 1. The lowest BCUT2D eigenvalue weighted by Crippen LogP contribution is -2.44. The van der Waals surface area contributed by atoms with E-state index in [9.17, 15) is 14.7 Å². The van der Waals surface area contributed by atoms with Crippen molar-refractivity contribution in [1.29, 1.82) is 0 Å². The number of nitrogens with two attached hydrogens (primary N) is 1. The van der Waals surface area contributed by atoms with Crippen LogP contribution < -0.4 is 11.1 Å². The highest BCUT2D eigenvalue weighted by Gasteiger charge is 2.35. The number of carbonyl (C=O) groups excluding carboxylic acids is 2. The fourth-order valence-electron chi connectivity index (χ4n) is 3.90. The van der Waals surface area contributed by atoms with E-state index in [0.29, 0.717) is 35.5 Å². The highest BCUT2D eigenvalue weighted by molar-refractivity contribution is 6.01. The Bertz CT molecular complexity index is 1090. The van der Waals surface area contributed by atoms with Crippen LogP contribution in [0, 0.1) is 20.8 Å². The van der Waals surface area contributed by atoms with Gasteiger partial charge in [0.25, 0.3) is 5.91 Å². The lowest BCUT2D eigenvalue weighted by molar-refractivity contribution is -0.135. The molecule has 1 aliphatic heterocycles. The van der Waals surface area contributed by atoms with Crippen LogP contribution in [0.2, 0.25) is 0 Å². The Morgan fingerprint density at radius 2 is 1.90 bits per heavy atom. The third kappa shape index (κ3) is 4.48. The van der Waals surface area contributed by atoms with E-state index in [1.165, 1.54) is 6.08 Å². The van der Waals surface area contributed by atoms with E-state index in [2.05, 4.69) is 5.32 Å². The molecule has 162 valence electrons. The molecule has 2 amide bonds. The van der Waals surface area contributed by atoms with Gasteiger partial charge in [0.05, 0.1) is 0 Å². The van der Waals surface area contributed by atoms with E-state index in [-0.39, 0.29) is 17.6 Å². The van der Waals surface area contributed by atoms with Crippen LogP contribution >= 0.6 is 0 Å². The molecule has 3 rings (SSSR count). The molecule has 0 bridgehead atoms. The average Bonchev–Trinajstić information content (AvgIpc) is 2.75. The van der Waals surface area contributed by atoms with Gasteiger partial charge in [-0.05, 0) is 80.1 Å². The number of nitrogen functional groups attached to an aromatic ring is 1. The van der Waals surface area contributed by atoms with E-state index in [4.69, 9.17) is 5.73 Å². The molecule has 1 unspecified atom stereocenters. The number of fused-ring (bicyclic) bond motifs is 1. The number of hydrogen-bond acceptors (Lipinski definition) is 4. The minimum Gasteiger partial charge on any atom is -0.507 e. The first-order valence-corrected chi connectivity index (χ1v) is 10.3. The van der Waals surface area contributed by atoms with Gasteiger partial charge >= 0.3 is 0 Å². The number of hydrogen-bond donors (Lipinski definition) is 3. The lowest BCUT2D eigenvalue weighted by Gasteiger charge is -2.36. The van der Waals surface area contributed by atoms with Crippen LogP contribution in [0.4, 0.5) is 11.4 Å². The number of rotatable bonds is 4. The lowest BCUT2D eigenvalue weighted by atomic mass is 9.91. The van der Waals surface area contributed by atoms with Crippen LogP contribution in [0.5, 0.6) is 5.75 Å². The Kier molecular flexibility index (Phi) is 6.49. The van der Waals surface area contributed by atoms with Gasteiger partial charge in [-0.1, -0.05) is 24.3 Å². The molecule has 0 aromatic heterocycles. The van der Waals surface area contributed by atoms with Crippen molar-refractivity contribution in [2.75, 3.05) is 17.6 Å². The van der Waals surface area contributed by atoms with E-state index in [0.717, 1.165) is 16.7 Å². The molecule has 6 heteroatoms. The van der Waals surface area contributed by atoms with Crippen molar-refractivity contribution in [3.63, 3.8) is 0 Å². The minimum absolute atomic E-state index is 0.220. The smallest absolute Gasteiger partial charge is 0.251 e. The minimum atomic E-state index is -0.802. The highest BCUT2D eigenvalue weighted by Crippen LogP contribution is 2.35. The Labute approximate surface area is 183 Å². The number of nitrogens with zero attached hydrogens (tertiary/aromatic N) is 1. The number of carbonyl (C=O) groups is 2. The van der Waals surface area contributed by atoms with Gasteiger partial charge in [0.2, 0.25) is 5.91 Å². The zero-order chi connectivity index (χ0) is 22.7. The second-order valence-electron chi connectivity index (χ2n) is 7.86. The Morgan fingerprint density at radius 3 is 2.61 bits per heavy atom. The first kappa shape index (κ1) is 22.2. The van der Waals surface area contributed by atoms with Crippen molar-refractivity contribution in [3.05, 3.63) is 76.4 Å². The molecular formula is C25H29N3O3. The maximum absolute atomic E-state index is 13.5. The van der Waals surface area contributed by atoms with E-state index in [1.54, 1.807) is 36.1 Å². The van der Waals surface area contributed by atoms with Gasteiger partial charge in [-0.3, -0.25) is 9.59 Å². The molecule has 0 spiro atoms. The van der Waals surface area contributed by atoms with Gasteiger partial charge < -0.3 is 21.1 Å². The van der Waals surface area contributed by atoms with Crippen molar-refractivity contribution < 1.29 is 14.7 Å². The summed E-state index contributed by atoms with van der Waals surface area (Å²) in [7, 11) is 0. The molecular weight excluding hydrogens is 390 g/mol. The molecule has 2 aromatic rings. The van der Waals surface area contributed by atoms with Crippen LogP contribution in [0.15, 0.2) is 48.6 Å². The number of nitrogens with one attached hydrogen (secondary N) is 1. The van der Waals surface area contributed by atoms with Gasteiger partial charge in [-0.25, -0.2) is 0 Å². The summed E-state index contributed by atoms with van der Waals surface area (Å²) in [6, 6.07) is 6.45. The third-order valence-corrected chi connectivity index (χ3v) is 5.79. The number of phenolic OH excluding ortho intramolecular Hbond substituents is 1. The summed E-state index contributed by atoms with van der Waals surface area (Å²) >= 11 is 0. The first-order chi connectivity index (χ1) is 14.7. The zero-order valence-electron chi connectivity index (χ0n) is 18.4. The molecule has 0 saturated carbocycles. The Hall–Kier alpha value is -3.54. The molecule has 1 aliphatic rings. The van der Waals surface area contributed by atoms with Gasteiger partial charge in [-0.15, -0.1) is 0 Å². The summed E-state index contributed by atoms with van der Waals surface area (Å²) < 4.78 is 0. The number of anilines is 2. The zero-order valence-corrected chi connectivity index (χ0v) is 18.4. The fraction of sp³-hybridized carbons (Fsp3) is 0.280. The van der Waals surface area contributed by atoms with E-state index < -0.39 is 6.04 Å². The summed E-state index contributed by atoms with van der Waals surface area (Å²) in [5.74, 6) is -0.328. The molecule has 0 saturated heterocycles. The van der Waals surface area contributed by atoms with Crippen molar-refractivity contribution in [2.45, 2.75) is 40.2 Å². The number of amides is 2. The largest absolute Gasteiger partial charge is 0.507 e. The van der Waals surface area contributed by atoms with E-state index in [1.807, 2.05) is 39.0 Å². The van der Waals surface area contributed by atoms with Crippen LogP contribution in [0.25, 0.3) is 0 Å². The summed E-state index contributed by atoms with van der Waals surface area (Å²) in [5, 5.41) is 13.2. The highest BCUT2D eigenvalue weighted by atomic mass is 16.3. The predicted octanol–water partition coefficient (Wildman–Crippen LogP) is 4.10. The second kappa shape index (κ2) is 9.08. The van der Waals surface area contributed by atoms with Crippen LogP contribution in [-0.2, 0) is 16.0 Å². The normalized spacial score (nSPS) is 16.0. The van der Waals surface area contributed by atoms with Gasteiger partial charge in [0.15, 0.2) is 0 Å². The molecule has 1 atom stereocenters. The SMILES string of the molecule is CC=CC=CC(=O)N1CCc2ccc(N)cc2C1C(=O)Nc1cc(C)c(O)c(C)c1C. The molecule has 1 heterocycles. The monoisotopic (exact) mass is 419 g/mol. The molecule has 6 nitrogen and oxygen atoms in total. The first-order valence-electron chi connectivity index (χ1n) is 10.3. The third-order valence-electron chi connectivity index (χ3n) is 5.79. The molecule has 4 N–H and O–H groups in total. The fourth-order valence-corrected chi connectivity index (χ4v) is 3.90. The maximum atomic E-state index is 13.5. The topological polar surface area (TPSA) is 95.7 Å². The van der Waals surface area contributed by atoms with Crippen LogP contribution in [0.3, 0.4) is 0 Å². The number of benzene rings is 2. The predicted molar refractivity (Wildman–Crippen MR) is 124 cm³/mol. The average molecular weight is 420 g/mol. The van der Waals surface area contributed by atoms with Gasteiger partial charge in [0.1, 0.15) is 11.8 Å². The molecule has 2 aromatic carbocycles. The van der Waals surface area contributed by atoms with Crippen LogP contribution in [-0.4, -0.2) is 28.4 Å². The summed E-state index contributed by atoms with van der Waals surface area (Å²) in [6.07, 6.45) is 7.40. The summed E-state index contributed by atoms with van der Waals surface area (Å²) in [6.45, 7) is 7.75. The van der Waals surface area contributed by atoms with Gasteiger partial charge in [-0.2, -0.15) is 0 Å². The second-order valence-corrected chi connectivity index (χ2v) is 7.86. The van der Waals surface area contributed by atoms with Crippen molar-refractivity contribution in [1.82, 2.24) is 4.90 Å². The standard InChI is InChI=1S/C25H29N3O3/c1-5-6-7-8-22(29)28-12-11-18-9-10-19(26)14-20(18)23(28)25(31)27-21-13-15(2)24(30)17(4)16(21)3/h5-10,13-14,23,30H,11-12,26H2,1-4H3,(H,27,31). The number of phenols is 1. The quantitative estimate of drug-likeness (QED) is 0.301. The summed E-state index contributed by atoms with van der Waals surface area (Å²) in [4.78, 5) is 28.0. The Balaban J connectivity index is 2.02. The maximum Gasteiger partial charge on any atom is 0.251 e. The number of allylic oxidation sites excluding steroid dienone is 3. The number of aromatic hydroxyl groups is 1. The molecule has 31 heavy (non-hydrogen) atoms. The van der Waals surface area contributed by atoms with Crippen molar-refractivity contribution in [2.24, 2.45) is 0 Å². The summed E-state index contributed by atoms with van der Waals surface area (Å²) in [5.41, 5.74) is 11.1. The van der Waals surface area contributed by atoms with E-state index >= 15 is 0 Å². The Morgan fingerprint density at radius 1 is 1.16 bits per heavy atom. The van der Waals surface area contributed by atoms with Gasteiger partial charge in [0, 0.05) is 24.0 Å².